The van der Waals surface area contributed by atoms with E-state index in [0.29, 0.717) is 11.9 Å². The van der Waals surface area contributed by atoms with Crippen LogP contribution >= 0.6 is 0 Å². The molecule has 0 radical (unpaired) electrons. The topological polar surface area (TPSA) is 89.9 Å². The summed E-state index contributed by atoms with van der Waals surface area (Å²) in [6, 6.07) is 0.453. The van der Waals surface area contributed by atoms with Gasteiger partial charge in [-0.25, -0.2) is 9.97 Å². The van der Waals surface area contributed by atoms with Crippen molar-refractivity contribution >= 4 is 17.2 Å². The lowest BCUT2D eigenvalue weighted by Gasteiger charge is -2.22. The number of hydrogen-bond donors (Lipinski definition) is 2. The second-order valence-electron chi connectivity index (χ2n) is 6.83. The molecular formula is C18H21N9. The molecule has 0 aliphatic carbocycles. The van der Waals surface area contributed by atoms with E-state index in [1.807, 2.05) is 48.6 Å². The van der Waals surface area contributed by atoms with Gasteiger partial charge >= 0.3 is 0 Å². The molecule has 0 atom stereocenters. The molecule has 0 saturated carbocycles. The molecule has 0 bridgehead atoms. The Morgan fingerprint density at radius 1 is 1.07 bits per heavy atom. The van der Waals surface area contributed by atoms with Crippen LogP contribution in [0.25, 0.3) is 16.9 Å². The Morgan fingerprint density at radius 3 is 2.78 bits per heavy atom. The van der Waals surface area contributed by atoms with E-state index >= 15 is 0 Å². The summed E-state index contributed by atoms with van der Waals surface area (Å²) in [7, 11) is 1.90. The molecule has 4 aromatic rings. The highest BCUT2D eigenvalue weighted by atomic mass is 15.3. The van der Waals surface area contributed by atoms with E-state index in [9.17, 15) is 0 Å². The van der Waals surface area contributed by atoms with Crippen molar-refractivity contribution in [2.75, 3.05) is 18.4 Å². The van der Waals surface area contributed by atoms with Gasteiger partial charge in [-0.05, 0) is 25.9 Å². The summed E-state index contributed by atoms with van der Waals surface area (Å²) in [6.45, 7) is 2.08. The minimum atomic E-state index is 0.453. The smallest absolute Gasteiger partial charge is 0.180 e. The van der Waals surface area contributed by atoms with Crippen LogP contribution in [-0.4, -0.2) is 47.0 Å². The Hall–Kier alpha value is -3.20. The number of rotatable bonds is 4. The zero-order valence-electron chi connectivity index (χ0n) is 15.1. The number of imidazole rings is 1. The minimum Gasteiger partial charge on any atom is -0.335 e. The number of hydrogen-bond acceptors (Lipinski definition) is 6. The molecule has 9 nitrogen and oxygen atoms in total. The number of nitrogens with zero attached hydrogens (tertiary/aromatic N) is 7. The number of fused-ring (bicyclic) bond motifs is 1. The van der Waals surface area contributed by atoms with Crippen molar-refractivity contribution in [3.63, 3.8) is 0 Å². The predicted octanol–water partition coefficient (Wildman–Crippen LogP) is 1.99. The van der Waals surface area contributed by atoms with Crippen LogP contribution < -0.4 is 10.6 Å². The molecule has 0 unspecified atom stereocenters. The Labute approximate surface area is 156 Å². The van der Waals surface area contributed by atoms with Gasteiger partial charge in [-0.15, -0.1) is 0 Å². The molecule has 1 aliphatic heterocycles. The summed E-state index contributed by atoms with van der Waals surface area (Å²) in [6.07, 6.45) is 15.4. The maximum absolute atomic E-state index is 4.60. The molecule has 1 saturated heterocycles. The lowest BCUT2D eigenvalue weighted by Crippen LogP contribution is -2.29. The van der Waals surface area contributed by atoms with E-state index in [-0.39, 0.29) is 0 Å². The summed E-state index contributed by atoms with van der Waals surface area (Å²) in [5.41, 5.74) is 3.64. The molecule has 5 heterocycles. The van der Waals surface area contributed by atoms with Gasteiger partial charge in [-0.1, -0.05) is 0 Å². The largest absolute Gasteiger partial charge is 0.335 e. The van der Waals surface area contributed by atoms with Gasteiger partial charge < -0.3 is 10.6 Å². The van der Waals surface area contributed by atoms with E-state index in [0.717, 1.165) is 48.5 Å². The molecule has 9 heteroatoms. The molecule has 0 amide bonds. The van der Waals surface area contributed by atoms with Crippen LogP contribution in [0.4, 0.5) is 11.5 Å². The SMILES string of the molecule is Cn1cc(-c2cnc(Nc3cnn(C4CCNCC4)c3)c3nccn23)cn1. The maximum atomic E-state index is 4.60. The number of piperidine rings is 1. The van der Waals surface area contributed by atoms with E-state index in [2.05, 4.69) is 35.5 Å². The van der Waals surface area contributed by atoms with E-state index < -0.39 is 0 Å². The molecule has 0 aromatic carbocycles. The van der Waals surface area contributed by atoms with Crippen molar-refractivity contribution < 1.29 is 0 Å². The van der Waals surface area contributed by atoms with Gasteiger partial charge in [-0.3, -0.25) is 13.8 Å². The van der Waals surface area contributed by atoms with Gasteiger partial charge in [0.15, 0.2) is 11.5 Å². The molecule has 1 aliphatic rings. The highest BCUT2D eigenvalue weighted by molar-refractivity contribution is 5.73. The summed E-state index contributed by atoms with van der Waals surface area (Å²) in [5, 5.41) is 15.5. The van der Waals surface area contributed by atoms with Gasteiger partial charge in [0, 0.05) is 37.4 Å². The van der Waals surface area contributed by atoms with Crippen LogP contribution in [0.3, 0.4) is 0 Å². The first-order chi connectivity index (χ1) is 13.3. The second kappa shape index (κ2) is 6.51. The van der Waals surface area contributed by atoms with Crippen molar-refractivity contribution in [3.8, 4) is 11.3 Å². The van der Waals surface area contributed by atoms with Crippen molar-refractivity contribution in [1.29, 1.82) is 0 Å². The van der Waals surface area contributed by atoms with Crippen LogP contribution in [0.5, 0.6) is 0 Å². The molecule has 27 heavy (non-hydrogen) atoms. The van der Waals surface area contributed by atoms with Crippen molar-refractivity contribution in [3.05, 3.63) is 43.4 Å². The number of anilines is 2. The zero-order chi connectivity index (χ0) is 18.2. The second-order valence-corrected chi connectivity index (χ2v) is 6.83. The number of nitrogens with one attached hydrogen (secondary N) is 2. The van der Waals surface area contributed by atoms with Gasteiger partial charge in [0.05, 0.1) is 36.0 Å². The molecule has 1 fully saturated rings. The zero-order valence-corrected chi connectivity index (χ0v) is 15.1. The molecule has 5 rings (SSSR count). The summed E-state index contributed by atoms with van der Waals surface area (Å²) in [5.74, 6) is 0.706. The highest BCUT2D eigenvalue weighted by Gasteiger charge is 2.17. The lowest BCUT2D eigenvalue weighted by molar-refractivity contribution is 0.343. The van der Waals surface area contributed by atoms with Gasteiger partial charge in [0.25, 0.3) is 0 Å². The van der Waals surface area contributed by atoms with Crippen LogP contribution in [0, 0.1) is 0 Å². The third kappa shape index (κ3) is 2.95. The first kappa shape index (κ1) is 16.0. The third-order valence-corrected chi connectivity index (χ3v) is 4.98. The minimum absolute atomic E-state index is 0.453. The molecule has 138 valence electrons. The average Bonchev–Trinajstić information content (AvgIpc) is 3.43. The lowest BCUT2D eigenvalue weighted by atomic mass is 10.1. The molecule has 4 aromatic heterocycles. The first-order valence-corrected chi connectivity index (χ1v) is 9.11. The van der Waals surface area contributed by atoms with Crippen LogP contribution in [0.2, 0.25) is 0 Å². The quantitative estimate of drug-likeness (QED) is 0.576. The summed E-state index contributed by atoms with van der Waals surface area (Å²) in [4.78, 5) is 9.08. The standard InChI is InChI=1S/C18H21N9/c1-25-11-13(8-22-25)16-10-21-17(18-20-6-7-26(16)18)24-14-9-23-27(12-14)15-2-4-19-5-3-15/h6-12,15,19H,2-5H2,1H3,(H,21,24). The fourth-order valence-corrected chi connectivity index (χ4v) is 3.58. The Kier molecular flexibility index (Phi) is 3.86. The van der Waals surface area contributed by atoms with E-state index in [4.69, 9.17) is 0 Å². The monoisotopic (exact) mass is 363 g/mol. The molecule has 0 spiro atoms. The van der Waals surface area contributed by atoms with Crippen LogP contribution in [-0.2, 0) is 7.05 Å². The first-order valence-electron chi connectivity index (χ1n) is 9.11. The fourth-order valence-electron chi connectivity index (χ4n) is 3.58. The van der Waals surface area contributed by atoms with E-state index in [1.54, 1.807) is 10.9 Å². The predicted molar refractivity (Wildman–Crippen MR) is 102 cm³/mol. The van der Waals surface area contributed by atoms with Gasteiger partial charge in [-0.2, -0.15) is 10.2 Å². The van der Waals surface area contributed by atoms with Crippen LogP contribution in [0.15, 0.2) is 43.4 Å². The average molecular weight is 363 g/mol. The number of aryl methyl sites for hydroxylation is 1. The fraction of sp³-hybridized carbons (Fsp3) is 0.333. The normalized spacial score (nSPS) is 15.4. The highest BCUT2D eigenvalue weighted by Crippen LogP contribution is 2.26. The third-order valence-electron chi connectivity index (χ3n) is 4.98. The summed E-state index contributed by atoms with van der Waals surface area (Å²) >= 11 is 0. The van der Waals surface area contributed by atoms with Crippen LogP contribution in [0.1, 0.15) is 18.9 Å². The Morgan fingerprint density at radius 2 is 1.96 bits per heavy atom. The van der Waals surface area contributed by atoms with Crippen molar-refractivity contribution in [2.24, 2.45) is 7.05 Å². The van der Waals surface area contributed by atoms with Gasteiger partial charge in [0.2, 0.25) is 0 Å². The number of aromatic nitrogens is 7. The summed E-state index contributed by atoms with van der Waals surface area (Å²) < 4.78 is 5.85. The van der Waals surface area contributed by atoms with E-state index in [1.165, 1.54) is 0 Å². The Bertz CT molecular complexity index is 1070. The van der Waals surface area contributed by atoms with Crippen molar-refractivity contribution in [2.45, 2.75) is 18.9 Å². The maximum Gasteiger partial charge on any atom is 0.180 e. The molecular weight excluding hydrogens is 342 g/mol. The van der Waals surface area contributed by atoms with Crippen molar-refractivity contribution in [1.82, 2.24) is 39.2 Å². The molecule has 2 N–H and O–H groups in total. The van der Waals surface area contributed by atoms with Gasteiger partial charge in [0.1, 0.15) is 0 Å². The Balaban J connectivity index is 1.44.